The van der Waals surface area contributed by atoms with Crippen LogP contribution in [0.3, 0.4) is 0 Å². The van der Waals surface area contributed by atoms with Gasteiger partial charge in [0.1, 0.15) is 11.4 Å². The van der Waals surface area contributed by atoms with Crippen molar-refractivity contribution in [2.24, 2.45) is 0 Å². The maximum atomic E-state index is 12.1. The minimum atomic E-state index is -0.184. The van der Waals surface area contributed by atoms with Crippen LogP contribution in [-0.4, -0.2) is 14.8 Å². The first kappa shape index (κ1) is 12.6. The van der Waals surface area contributed by atoms with Crippen LogP contribution in [0, 0.1) is 6.92 Å². The summed E-state index contributed by atoms with van der Waals surface area (Å²) < 4.78 is 7.21. The minimum Gasteiger partial charge on any atom is -0.464 e. The molecule has 0 aliphatic rings. The predicted octanol–water partition coefficient (Wildman–Crippen LogP) is 3.28. The topological polar surface area (TPSA) is 63.8 Å². The molecule has 0 spiro atoms. The van der Waals surface area contributed by atoms with Crippen molar-refractivity contribution in [3.8, 4) is 17.0 Å². The summed E-state index contributed by atoms with van der Waals surface area (Å²) >= 11 is 0. The molecule has 0 aliphatic heterocycles. The summed E-state index contributed by atoms with van der Waals surface area (Å²) in [6.45, 7) is 1.92. The highest BCUT2D eigenvalue weighted by atomic mass is 16.3. The van der Waals surface area contributed by atoms with Crippen molar-refractivity contribution in [3.63, 3.8) is 0 Å². The molecule has 3 aromatic heterocycles. The molecular formula is C17H13N3O2. The van der Waals surface area contributed by atoms with E-state index >= 15 is 0 Å². The van der Waals surface area contributed by atoms with Gasteiger partial charge in [0, 0.05) is 11.6 Å². The molecule has 0 saturated carbocycles. The first-order valence-electron chi connectivity index (χ1n) is 6.96. The predicted molar refractivity (Wildman–Crippen MR) is 84.1 cm³/mol. The molecule has 5 heteroatoms. The van der Waals surface area contributed by atoms with Gasteiger partial charge in [-0.05, 0) is 31.2 Å². The molecule has 0 aliphatic carbocycles. The van der Waals surface area contributed by atoms with Crippen LogP contribution in [0.25, 0.3) is 28.0 Å². The average Bonchev–Trinajstić information content (AvgIpc) is 3.16. The summed E-state index contributed by atoms with van der Waals surface area (Å²) in [5, 5.41) is 5.46. The molecule has 3 heterocycles. The highest BCUT2D eigenvalue weighted by Gasteiger charge is 2.16. The maximum Gasteiger partial charge on any atom is 0.250 e. The van der Waals surface area contributed by atoms with Crippen molar-refractivity contribution in [2.45, 2.75) is 6.92 Å². The lowest BCUT2D eigenvalue weighted by atomic mass is 10.1. The molecule has 108 valence electrons. The van der Waals surface area contributed by atoms with Gasteiger partial charge in [-0.1, -0.05) is 18.2 Å². The number of hydrogen-bond donors (Lipinski definition) is 1. The van der Waals surface area contributed by atoms with Crippen LogP contribution in [0.15, 0.2) is 64.0 Å². The number of nitrogens with one attached hydrogen (secondary N) is 1. The number of nitrogens with zero attached hydrogens (tertiary/aromatic N) is 2. The van der Waals surface area contributed by atoms with Crippen molar-refractivity contribution >= 4 is 11.0 Å². The van der Waals surface area contributed by atoms with E-state index in [9.17, 15) is 4.79 Å². The monoisotopic (exact) mass is 291 g/mol. The molecule has 0 unspecified atom stereocenters. The fourth-order valence-corrected chi connectivity index (χ4v) is 2.70. The number of hydrogen-bond acceptors (Lipinski definition) is 3. The number of H-pyrrole nitrogens is 1. The molecule has 1 aromatic carbocycles. The van der Waals surface area contributed by atoms with Crippen LogP contribution in [0.4, 0.5) is 0 Å². The first-order valence-corrected chi connectivity index (χ1v) is 6.96. The van der Waals surface area contributed by atoms with Crippen LogP contribution in [0.2, 0.25) is 0 Å². The number of pyridine rings is 1. The molecule has 5 nitrogen and oxygen atoms in total. The first-order chi connectivity index (χ1) is 10.7. The average molecular weight is 291 g/mol. The molecular weight excluding hydrogens is 278 g/mol. The number of aromatic nitrogens is 3. The van der Waals surface area contributed by atoms with Crippen molar-refractivity contribution in [1.82, 2.24) is 14.8 Å². The summed E-state index contributed by atoms with van der Waals surface area (Å²) in [5.41, 5.74) is 2.97. The van der Waals surface area contributed by atoms with E-state index < -0.39 is 0 Å². The van der Waals surface area contributed by atoms with E-state index in [-0.39, 0.29) is 5.56 Å². The van der Waals surface area contributed by atoms with Gasteiger partial charge >= 0.3 is 0 Å². The van der Waals surface area contributed by atoms with E-state index in [1.54, 1.807) is 23.1 Å². The Morgan fingerprint density at radius 3 is 2.68 bits per heavy atom. The Morgan fingerprint density at radius 1 is 1.14 bits per heavy atom. The number of aryl methyl sites for hydroxylation is 1. The van der Waals surface area contributed by atoms with Crippen LogP contribution in [-0.2, 0) is 0 Å². The summed E-state index contributed by atoms with van der Waals surface area (Å²) in [4.78, 5) is 14.9. The third-order valence-electron chi connectivity index (χ3n) is 3.63. The molecule has 1 N–H and O–H groups in total. The van der Waals surface area contributed by atoms with Crippen molar-refractivity contribution in [2.75, 3.05) is 0 Å². The fraction of sp³-hybridized carbons (Fsp3) is 0.0588. The molecule has 0 bridgehead atoms. The SMILES string of the molecule is Cc1nn(-c2ccccc2)c2[nH]c(=O)cc(-c3ccco3)c12. The summed E-state index contributed by atoms with van der Waals surface area (Å²) in [6.07, 6.45) is 1.60. The van der Waals surface area contributed by atoms with Gasteiger partial charge in [0.25, 0.3) is 0 Å². The van der Waals surface area contributed by atoms with Crippen LogP contribution < -0.4 is 5.56 Å². The highest BCUT2D eigenvalue weighted by Crippen LogP contribution is 2.30. The van der Waals surface area contributed by atoms with Gasteiger partial charge in [-0.15, -0.1) is 0 Å². The largest absolute Gasteiger partial charge is 0.464 e. The van der Waals surface area contributed by atoms with Gasteiger partial charge < -0.3 is 9.40 Å². The van der Waals surface area contributed by atoms with E-state index in [0.717, 1.165) is 22.3 Å². The number of para-hydroxylation sites is 1. The van der Waals surface area contributed by atoms with Crippen molar-refractivity contribution < 1.29 is 4.42 Å². The van der Waals surface area contributed by atoms with Crippen molar-refractivity contribution in [3.05, 3.63) is 70.8 Å². The zero-order valence-corrected chi connectivity index (χ0v) is 11.9. The van der Waals surface area contributed by atoms with E-state index in [4.69, 9.17) is 4.42 Å². The number of fused-ring (bicyclic) bond motifs is 1. The number of furan rings is 1. The Hall–Kier alpha value is -3.08. The lowest BCUT2D eigenvalue weighted by Crippen LogP contribution is -2.07. The molecule has 0 fully saturated rings. The zero-order valence-electron chi connectivity index (χ0n) is 11.9. The summed E-state index contributed by atoms with van der Waals surface area (Å²) in [5.74, 6) is 0.659. The molecule has 0 atom stereocenters. The van der Waals surface area contributed by atoms with Gasteiger partial charge in [0.15, 0.2) is 0 Å². The van der Waals surface area contributed by atoms with Crippen molar-refractivity contribution in [1.29, 1.82) is 0 Å². The van der Waals surface area contributed by atoms with Crippen LogP contribution in [0.1, 0.15) is 5.69 Å². The molecule has 0 radical (unpaired) electrons. The molecule has 4 rings (SSSR count). The molecule has 0 amide bonds. The molecule has 0 saturated heterocycles. The standard InChI is InChI=1S/C17H13N3O2/c1-11-16-13(14-8-5-9-22-14)10-15(21)18-17(16)20(19-11)12-6-3-2-4-7-12/h2-10H,1H3,(H,18,21). The fourth-order valence-electron chi connectivity index (χ4n) is 2.70. The van der Waals surface area contributed by atoms with Gasteiger partial charge in [0.05, 0.1) is 23.0 Å². The summed E-state index contributed by atoms with van der Waals surface area (Å²) in [6, 6.07) is 14.9. The zero-order chi connectivity index (χ0) is 15.1. The lowest BCUT2D eigenvalue weighted by Gasteiger charge is -2.04. The lowest BCUT2D eigenvalue weighted by molar-refractivity contribution is 0.583. The third-order valence-corrected chi connectivity index (χ3v) is 3.63. The van der Waals surface area contributed by atoms with E-state index in [1.807, 2.05) is 43.3 Å². The van der Waals surface area contributed by atoms with Crippen LogP contribution >= 0.6 is 0 Å². The third kappa shape index (κ3) is 1.87. The second kappa shape index (κ2) is 4.73. The Kier molecular flexibility index (Phi) is 2.72. The maximum absolute atomic E-state index is 12.1. The number of benzene rings is 1. The minimum absolute atomic E-state index is 0.184. The number of rotatable bonds is 2. The van der Waals surface area contributed by atoms with Gasteiger partial charge in [-0.3, -0.25) is 4.79 Å². The van der Waals surface area contributed by atoms with E-state index in [0.29, 0.717) is 11.4 Å². The van der Waals surface area contributed by atoms with Gasteiger partial charge in [-0.25, -0.2) is 4.68 Å². The quantitative estimate of drug-likeness (QED) is 0.616. The van der Waals surface area contributed by atoms with Gasteiger partial charge in [-0.2, -0.15) is 5.10 Å². The Morgan fingerprint density at radius 2 is 1.95 bits per heavy atom. The van der Waals surface area contributed by atoms with Crippen LogP contribution in [0.5, 0.6) is 0 Å². The normalized spacial score (nSPS) is 11.1. The molecule has 22 heavy (non-hydrogen) atoms. The van der Waals surface area contributed by atoms with E-state index in [1.165, 1.54) is 0 Å². The summed E-state index contributed by atoms with van der Waals surface area (Å²) in [7, 11) is 0. The highest BCUT2D eigenvalue weighted by molar-refractivity contribution is 5.93. The number of aromatic amines is 1. The second-order valence-electron chi connectivity index (χ2n) is 5.08. The smallest absolute Gasteiger partial charge is 0.250 e. The second-order valence-corrected chi connectivity index (χ2v) is 5.08. The molecule has 4 aromatic rings. The Bertz CT molecular complexity index is 996. The Labute approximate surface area is 125 Å². The van der Waals surface area contributed by atoms with E-state index in [2.05, 4.69) is 10.1 Å². The Balaban J connectivity index is 2.10. The van der Waals surface area contributed by atoms with Gasteiger partial charge in [0.2, 0.25) is 5.56 Å².